The molecular weight excluding hydrogens is 370 g/mol. The number of carbonyl (C=O) groups is 2. The second kappa shape index (κ2) is 8.89. The van der Waals surface area contributed by atoms with E-state index in [0.717, 1.165) is 24.8 Å². The zero-order valence-corrected chi connectivity index (χ0v) is 17.0. The van der Waals surface area contributed by atoms with Gasteiger partial charge >= 0.3 is 6.09 Å². The van der Waals surface area contributed by atoms with Crippen molar-refractivity contribution in [1.29, 1.82) is 0 Å². The van der Waals surface area contributed by atoms with Crippen LogP contribution in [0, 0.1) is 0 Å². The van der Waals surface area contributed by atoms with Crippen LogP contribution in [-0.2, 0) is 4.74 Å². The standard InChI is InChI=1S/C21H27N5O3/c1-21(2,3)29-20(28)26-11-7-10-16(12-26)25-19-17(13-27)18(22-14-23-19)24-15-8-5-4-6-9-15/h4-6,8-9,13-14,16H,7,10-12H2,1-3H3,(H2,22,23,24,25)/t16-/m1/s1. The molecule has 1 aromatic heterocycles. The fourth-order valence-electron chi connectivity index (χ4n) is 3.16. The first kappa shape index (κ1) is 20.6. The van der Waals surface area contributed by atoms with Gasteiger partial charge in [-0.15, -0.1) is 0 Å². The fourth-order valence-corrected chi connectivity index (χ4v) is 3.16. The molecule has 1 amide bonds. The number of likely N-dealkylation sites (tertiary alicyclic amines) is 1. The maximum atomic E-state index is 12.4. The number of nitrogens with zero attached hydrogens (tertiary/aromatic N) is 3. The van der Waals surface area contributed by atoms with Crippen molar-refractivity contribution in [3.63, 3.8) is 0 Å². The highest BCUT2D eigenvalue weighted by Crippen LogP contribution is 2.24. The van der Waals surface area contributed by atoms with Gasteiger partial charge in [-0.1, -0.05) is 18.2 Å². The lowest BCUT2D eigenvalue weighted by atomic mass is 10.1. The monoisotopic (exact) mass is 397 g/mol. The van der Waals surface area contributed by atoms with Gasteiger partial charge in [0, 0.05) is 24.8 Å². The summed E-state index contributed by atoms with van der Waals surface area (Å²) in [6.45, 7) is 6.69. The largest absolute Gasteiger partial charge is 0.444 e. The van der Waals surface area contributed by atoms with Gasteiger partial charge in [-0.3, -0.25) is 4.79 Å². The van der Waals surface area contributed by atoms with E-state index in [9.17, 15) is 9.59 Å². The molecule has 1 aliphatic rings. The molecule has 0 bridgehead atoms. The maximum Gasteiger partial charge on any atom is 0.410 e. The summed E-state index contributed by atoms with van der Waals surface area (Å²) in [6, 6.07) is 9.47. The molecule has 1 aliphatic heterocycles. The molecule has 3 rings (SSSR count). The van der Waals surface area contributed by atoms with E-state index >= 15 is 0 Å². The average Bonchev–Trinajstić information content (AvgIpc) is 2.68. The van der Waals surface area contributed by atoms with Crippen molar-refractivity contribution in [3.05, 3.63) is 42.2 Å². The number of aldehydes is 1. The summed E-state index contributed by atoms with van der Waals surface area (Å²) < 4.78 is 5.47. The lowest BCUT2D eigenvalue weighted by molar-refractivity contribution is 0.0206. The quantitative estimate of drug-likeness (QED) is 0.740. The molecule has 0 unspecified atom stereocenters. The second-order valence-electron chi connectivity index (χ2n) is 8.00. The highest BCUT2D eigenvalue weighted by molar-refractivity contribution is 5.90. The van der Waals surface area contributed by atoms with Gasteiger partial charge in [-0.05, 0) is 45.7 Å². The third kappa shape index (κ3) is 5.66. The molecule has 0 radical (unpaired) electrons. The third-order valence-corrected chi connectivity index (χ3v) is 4.45. The molecule has 0 spiro atoms. The molecule has 1 saturated heterocycles. The number of anilines is 3. The second-order valence-corrected chi connectivity index (χ2v) is 8.00. The Kier molecular flexibility index (Phi) is 6.31. The molecule has 8 heteroatoms. The van der Waals surface area contributed by atoms with Gasteiger partial charge in [0.1, 0.15) is 23.6 Å². The Balaban J connectivity index is 1.71. The molecule has 2 heterocycles. The normalized spacial score (nSPS) is 16.8. The zero-order valence-electron chi connectivity index (χ0n) is 17.0. The molecule has 8 nitrogen and oxygen atoms in total. The highest BCUT2D eigenvalue weighted by atomic mass is 16.6. The number of hydrogen-bond acceptors (Lipinski definition) is 7. The van der Waals surface area contributed by atoms with Crippen molar-refractivity contribution >= 4 is 29.7 Å². The summed E-state index contributed by atoms with van der Waals surface area (Å²) in [4.78, 5) is 34.3. The van der Waals surface area contributed by atoms with Gasteiger partial charge in [-0.25, -0.2) is 14.8 Å². The summed E-state index contributed by atoms with van der Waals surface area (Å²) in [6.07, 6.45) is 3.53. The molecule has 2 aromatic rings. The van der Waals surface area contributed by atoms with E-state index in [1.54, 1.807) is 4.90 Å². The van der Waals surface area contributed by atoms with E-state index < -0.39 is 5.60 Å². The molecule has 1 fully saturated rings. The smallest absolute Gasteiger partial charge is 0.410 e. The van der Waals surface area contributed by atoms with Crippen molar-refractivity contribution in [2.24, 2.45) is 0 Å². The molecule has 1 atom stereocenters. The molecular formula is C21H27N5O3. The third-order valence-electron chi connectivity index (χ3n) is 4.45. The maximum absolute atomic E-state index is 12.4. The number of nitrogens with one attached hydrogen (secondary N) is 2. The lowest BCUT2D eigenvalue weighted by Crippen LogP contribution is -2.47. The molecule has 1 aromatic carbocycles. The minimum Gasteiger partial charge on any atom is -0.444 e. The Morgan fingerprint density at radius 1 is 1.21 bits per heavy atom. The minimum atomic E-state index is -0.535. The van der Waals surface area contributed by atoms with Crippen LogP contribution < -0.4 is 10.6 Å². The predicted octanol–water partition coefficient (Wildman–Crippen LogP) is 3.84. The summed E-state index contributed by atoms with van der Waals surface area (Å²) in [7, 11) is 0. The van der Waals surface area contributed by atoms with Crippen LogP contribution in [0.5, 0.6) is 0 Å². The highest BCUT2D eigenvalue weighted by Gasteiger charge is 2.28. The number of benzene rings is 1. The Hall–Kier alpha value is -3.16. The van der Waals surface area contributed by atoms with Crippen LogP contribution in [0.4, 0.5) is 22.1 Å². The van der Waals surface area contributed by atoms with E-state index in [0.29, 0.717) is 30.3 Å². The summed E-state index contributed by atoms with van der Waals surface area (Å²) in [5.74, 6) is 0.882. The first-order chi connectivity index (χ1) is 13.9. The van der Waals surface area contributed by atoms with Crippen LogP contribution in [0.1, 0.15) is 44.0 Å². The van der Waals surface area contributed by atoms with Crippen molar-refractivity contribution < 1.29 is 14.3 Å². The van der Waals surface area contributed by atoms with Crippen LogP contribution in [-0.4, -0.2) is 52.0 Å². The number of aromatic nitrogens is 2. The number of rotatable bonds is 5. The van der Waals surface area contributed by atoms with Crippen LogP contribution in [0.2, 0.25) is 0 Å². The topological polar surface area (TPSA) is 96.4 Å². The SMILES string of the molecule is CC(C)(C)OC(=O)N1CCC[C@@H](Nc2ncnc(Nc3ccccc3)c2C=O)C1. The van der Waals surface area contributed by atoms with Crippen LogP contribution in [0.3, 0.4) is 0 Å². The van der Waals surface area contributed by atoms with Gasteiger partial charge in [0.15, 0.2) is 6.29 Å². The van der Waals surface area contributed by atoms with Gasteiger partial charge in [0.25, 0.3) is 0 Å². The van der Waals surface area contributed by atoms with E-state index in [4.69, 9.17) is 4.74 Å². The number of amides is 1. The van der Waals surface area contributed by atoms with Gasteiger partial charge < -0.3 is 20.3 Å². The van der Waals surface area contributed by atoms with Crippen LogP contribution >= 0.6 is 0 Å². The van der Waals surface area contributed by atoms with E-state index in [1.165, 1.54) is 6.33 Å². The average molecular weight is 397 g/mol. The number of ether oxygens (including phenoxy) is 1. The summed E-state index contributed by atoms with van der Waals surface area (Å²) >= 11 is 0. The summed E-state index contributed by atoms with van der Waals surface area (Å²) in [5, 5.41) is 6.45. The molecule has 29 heavy (non-hydrogen) atoms. The predicted molar refractivity (Wildman–Crippen MR) is 112 cm³/mol. The molecule has 0 saturated carbocycles. The molecule has 0 aliphatic carbocycles. The van der Waals surface area contributed by atoms with E-state index in [-0.39, 0.29) is 12.1 Å². The van der Waals surface area contributed by atoms with Crippen molar-refractivity contribution in [1.82, 2.24) is 14.9 Å². The van der Waals surface area contributed by atoms with Gasteiger partial charge in [0.05, 0.1) is 5.56 Å². The van der Waals surface area contributed by atoms with Crippen molar-refractivity contribution in [3.8, 4) is 0 Å². The van der Waals surface area contributed by atoms with Gasteiger partial charge in [0.2, 0.25) is 0 Å². The van der Waals surface area contributed by atoms with E-state index in [1.807, 2.05) is 51.1 Å². The number of carbonyl (C=O) groups excluding carboxylic acids is 2. The Morgan fingerprint density at radius 3 is 2.62 bits per heavy atom. The van der Waals surface area contributed by atoms with E-state index in [2.05, 4.69) is 20.6 Å². The van der Waals surface area contributed by atoms with Crippen LogP contribution in [0.25, 0.3) is 0 Å². The minimum absolute atomic E-state index is 0.0329. The Bertz CT molecular complexity index is 851. The van der Waals surface area contributed by atoms with Gasteiger partial charge in [-0.2, -0.15) is 0 Å². The number of piperidine rings is 1. The first-order valence-electron chi connectivity index (χ1n) is 9.72. The van der Waals surface area contributed by atoms with Crippen molar-refractivity contribution in [2.45, 2.75) is 45.3 Å². The zero-order chi connectivity index (χ0) is 20.9. The molecule has 2 N–H and O–H groups in total. The lowest BCUT2D eigenvalue weighted by Gasteiger charge is -2.34. The number of hydrogen-bond donors (Lipinski definition) is 2. The Morgan fingerprint density at radius 2 is 1.93 bits per heavy atom. The van der Waals surface area contributed by atoms with Crippen LogP contribution in [0.15, 0.2) is 36.7 Å². The van der Waals surface area contributed by atoms with Crippen molar-refractivity contribution in [2.75, 3.05) is 23.7 Å². The first-order valence-corrected chi connectivity index (χ1v) is 9.72. The number of para-hydroxylation sites is 1. The Labute approximate surface area is 170 Å². The summed E-state index contributed by atoms with van der Waals surface area (Å²) in [5.41, 5.74) is 0.645. The molecule has 154 valence electrons. The fraction of sp³-hybridized carbons (Fsp3) is 0.429.